The third kappa shape index (κ3) is 4.28. The van der Waals surface area contributed by atoms with E-state index in [0.29, 0.717) is 5.56 Å². The summed E-state index contributed by atoms with van der Waals surface area (Å²) < 4.78 is 6.90. The Balaban J connectivity index is 2.04. The van der Waals surface area contributed by atoms with Gasteiger partial charge in [-0.2, -0.15) is 5.10 Å². The van der Waals surface area contributed by atoms with Crippen molar-refractivity contribution in [2.75, 3.05) is 7.11 Å². The zero-order chi connectivity index (χ0) is 15.2. The summed E-state index contributed by atoms with van der Waals surface area (Å²) >= 11 is 5.52. The lowest BCUT2D eigenvalue weighted by Crippen LogP contribution is -2.18. The fourth-order valence-corrected chi connectivity index (χ4v) is 2.86. The molecule has 0 saturated heterocycles. The summed E-state index contributed by atoms with van der Waals surface area (Å²) in [4.78, 5) is 11.9. The first-order valence-electron chi connectivity index (χ1n) is 6.03. The highest BCUT2D eigenvalue weighted by atomic mass is 127. The van der Waals surface area contributed by atoms with Crippen molar-refractivity contribution in [1.82, 2.24) is 5.43 Å². The molecular weight excluding hydrogens is 447 g/mol. The Hall–Kier alpha value is -1.41. The van der Waals surface area contributed by atoms with E-state index in [-0.39, 0.29) is 5.91 Å². The van der Waals surface area contributed by atoms with Crippen LogP contribution in [0.15, 0.2) is 52.0 Å². The quantitative estimate of drug-likeness (QED) is 0.430. The Morgan fingerprint density at radius 2 is 2.10 bits per heavy atom. The van der Waals surface area contributed by atoms with E-state index in [4.69, 9.17) is 4.74 Å². The Morgan fingerprint density at radius 1 is 1.33 bits per heavy atom. The van der Waals surface area contributed by atoms with Crippen LogP contribution in [0.3, 0.4) is 0 Å². The molecule has 2 rings (SSSR count). The fourth-order valence-electron chi connectivity index (χ4n) is 1.63. The van der Waals surface area contributed by atoms with Crippen LogP contribution >= 0.6 is 38.5 Å². The highest BCUT2D eigenvalue weighted by Gasteiger charge is 2.07. The van der Waals surface area contributed by atoms with Crippen LogP contribution in [0.25, 0.3) is 0 Å². The van der Waals surface area contributed by atoms with Gasteiger partial charge in [0, 0.05) is 4.47 Å². The number of hydrogen-bond acceptors (Lipinski definition) is 3. The lowest BCUT2D eigenvalue weighted by atomic mass is 10.2. The van der Waals surface area contributed by atoms with Crippen molar-refractivity contribution >= 4 is 50.6 Å². The molecular formula is C15H12BrIN2O2. The topological polar surface area (TPSA) is 50.7 Å². The monoisotopic (exact) mass is 458 g/mol. The molecule has 0 aromatic heterocycles. The predicted octanol–water partition coefficient (Wildman–Crippen LogP) is 3.83. The second-order valence-corrected chi connectivity index (χ2v) is 6.09. The van der Waals surface area contributed by atoms with E-state index < -0.39 is 0 Å². The molecule has 0 aliphatic rings. The standard InChI is InChI=1S/C15H12BrIN2O2/c1-21-14-7-6-10(8-13(14)17)9-18-19-15(20)11-4-2-3-5-12(11)16/h2-9H,1H3,(H,19,20)/b18-9+. The number of rotatable bonds is 4. The maximum Gasteiger partial charge on any atom is 0.272 e. The molecule has 2 aromatic rings. The number of carbonyl (C=O) groups excluding carboxylic acids is 1. The normalized spacial score (nSPS) is 10.6. The molecule has 0 radical (unpaired) electrons. The van der Waals surface area contributed by atoms with Gasteiger partial charge in [-0.15, -0.1) is 0 Å². The average Bonchev–Trinajstić information content (AvgIpc) is 2.48. The molecule has 0 unspecified atom stereocenters. The van der Waals surface area contributed by atoms with Crippen molar-refractivity contribution in [2.45, 2.75) is 0 Å². The molecule has 0 fully saturated rings. The van der Waals surface area contributed by atoms with Crippen molar-refractivity contribution in [3.8, 4) is 5.75 Å². The van der Waals surface area contributed by atoms with E-state index in [1.807, 2.05) is 30.3 Å². The molecule has 2 aromatic carbocycles. The van der Waals surface area contributed by atoms with Gasteiger partial charge in [-0.3, -0.25) is 4.79 Å². The van der Waals surface area contributed by atoms with Crippen LogP contribution in [0.1, 0.15) is 15.9 Å². The zero-order valence-corrected chi connectivity index (χ0v) is 14.9. The number of hydrazone groups is 1. The number of benzene rings is 2. The summed E-state index contributed by atoms with van der Waals surface area (Å²) in [7, 11) is 1.63. The number of carbonyl (C=O) groups is 1. The van der Waals surface area contributed by atoms with Gasteiger partial charge >= 0.3 is 0 Å². The number of amides is 1. The van der Waals surface area contributed by atoms with Crippen molar-refractivity contribution < 1.29 is 9.53 Å². The first kappa shape index (κ1) is 16.0. The SMILES string of the molecule is COc1ccc(/C=N/NC(=O)c2ccccc2Br)cc1I. The summed E-state index contributed by atoms with van der Waals surface area (Å²) in [6.07, 6.45) is 1.59. The zero-order valence-electron chi connectivity index (χ0n) is 11.1. The minimum absolute atomic E-state index is 0.262. The van der Waals surface area contributed by atoms with Gasteiger partial charge in [-0.1, -0.05) is 12.1 Å². The molecule has 0 aliphatic carbocycles. The average molecular weight is 459 g/mol. The number of methoxy groups -OCH3 is 1. The number of nitrogens with zero attached hydrogens (tertiary/aromatic N) is 1. The highest BCUT2D eigenvalue weighted by molar-refractivity contribution is 14.1. The summed E-state index contributed by atoms with van der Waals surface area (Å²) in [5.41, 5.74) is 3.93. The van der Waals surface area contributed by atoms with Gasteiger partial charge in [0.05, 0.1) is 22.5 Å². The van der Waals surface area contributed by atoms with Crippen molar-refractivity contribution in [2.24, 2.45) is 5.10 Å². The number of nitrogens with one attached hydrogen (secondary N) is 1. The lowest BCUT2D eigenvalue weighted by molar-refractivity contribution is 0.0954. The summed E-state index contributed by atoms with van der Waals surface area (Å²) in [5, 5.41) is 3.97. The maximum atomic E-state index is 11.9. The molecule has 4 nitrogen and oxygen atoms in total. The Bertz CT molecular complexity index is 689. The largest absolute Gasteiger partial charge is 0.496 e. The van der Waals surface area contributed by atoms with E-state index >= 15 is 0 Å². The van der Waals surface area contributed by atoms with Gasteiger partial charge in [0.1, 0.15) is 5.75 Å². The Kier molecular flexibility index (Phi) is 5.75. The molecule has 0 aliphatic heterocycles. The molecule has 1 amide bonds. The number of hydrogen-bond donors (Lipinski definition) is 1. The van der Waals surface area contributed by atoms with Crippen LogP contribution in [0.4, 0.5) is 0 Å². The van der Waals surface area contributed by atoms with Crippen LogP contribution in [0, 0.1) is 3.57 Å². The summed E-state index contributed by atoms with van der Waals surface area (Å²) in [6.45, 7) is 0. The van der Waals surface area contributed by atoms with E-state index in [0.717, 1.165) is 19.4 Å². The molecule has 0 atom stereocenters. The summed E-state index contributed by atoms with van der Waals surface area (Å²) in [5.74, 6) is 0.548. The van der Waals surface area contributed by atoms with Crippen molar-refractivity contribution in [3.05, 3.63) is 61.6 Å². The minimum atomic E-state index is -0.262. The molecule has 1 N–H and O–H groups in total. The number of ether oxygens (including phenoxy) is 1. The summed E-state index contributed by atoms with van der Waals surface area (Å²) in [6, 6.07) is 12.8. The first-order chi connectivity index (χ1) is 10.1. The maximum absolute atomic E-state index is 11.9. The molecule has 0 bridgehead atoms. The second kappa shape index (κ2) is 7.56. The Labute approximate surface area is 144 Å². The second-order valence-electron chi connectivity index (χ2n) is 4.07. The van der Waals surface area contributed by atoms with E-state index in [1.54, 1.807) is 25.5 Å². The third-order valence-corrected chi connectivity index (χ3v) is 4.21. The van der Waals surface area contributed by atoms with Crippen molar-refractivity contribution in [3.63, 3.8) is 0 Å². The van der Waals surface area contributed by atoms with E-state index in [2.05, 4.69) is 49.0 Å². The highest BCUT2D eigenvalue weighted by Crippen LogP contribution is 2.20. The smallest absolute Gasteiger partial charge is 0.272 e. The van der Waals surface area contributed by atoms with E-state index in [9.17, 15) is 4.79 Å². The van der Waals surface area contributed by atoms with Crippen LogP contribution in [-0.2, 0) is 0 Å². The van der Waals surface area contributed by atoms with E-state index in [1.165, 1.54) is 0 Å². The third-order valence-electron chi connectivity index (χ3n) is 2.67. The molecule has 108 valence electrons. The van der Waals surface area contributed by atoms with Crippen LogP contribution < -0.4 is 10.2 Å². The van der Waals surface area contributed by atoms with Gasteiger partial charge in [-0.25, -0.2) is 5.43 Å². The number of halogens is 2. The molecule has 0 spiro atoms. The van der Waals surface area contributed by atoms with Crippen molar-refractivity contribution in [1.29, 1.82) is 0 Å². The van der Waals surface area contributed by atoms with Gasteiger partial charge < -0.3 is 4.74 Å². The van der Waals surface area contributed by atoms with Crippen LogP contribution in [0.5, 0.6) is 5.75 Å². The fraction of sp³-hybridized carbons (Fsp3) is 0.0667. The molecule has 0 heterocycles. The van der Waals surface area contributed by atoms with Gasteiger partial charge in [0.2, 0.25) is 0 Å². The van der Waals surface area contributed by atoms with Crippen LogP contribution in [0.2, 0.25) is 0 Å². The molecule has 6 heteroatoms. The minimum Gasteiger partial charge on any atom is -0.496 e. The van der Waals surface area contributed by atoms with Gasteiger partial charge in [0.25, 0.3) is 5.91 Å². The first-order valence-corrected chi connectivity index (χ1v) is 7.90. The van der Waals surface area contributed by atoms with Crippen LogP contribution in [-0.4, -0.2) is 19.2 Å². The lowest BCUT2D eigenvalue weighted by Gasteiger charge is -2.04. The Morgan fingerprint density at radius 3 is 2.76 bits per heavy atom. The van der Waals surface area contributed by atoms with Gasteiger partial charge in [-0.05, 0) is 74.4 Å². The molecule has 21 heavy (non-hydrogen) atoms. The molecule has 0 saturated carbocycles. The van der Waals surface area contributed by atoms with Gasteiger partial charge in [0.15, 0.2) is 0 Å². The predicted molar refractivity (Wildman–Crippen MR) is 94.9 cm³/mol.